The molecule has 0 saturated carbocycles. The zero-order valence-electron chi connectivity index (χ0n) is 8.26. The quantitative estimate of drug-likeness (QED) is 0.742. The summed E-state index contributed by atoms with van der Waals surface area (Å²) in [5.41, 5.74) is 0.708. The minimum atomic E-state index is -0.872. The average Bonchev–Trinajstić information content (AvgIpc) is 2.26. The van der Waals surface area contributed by atoms with Gasteiger partial charge in [-0.3, -0.25) is 0 Å². The molecule has 0 aliphatic carbocycles. The highest BCUT2D eigenvalue weighted by Gasteiger charge is 2.17. The van der Waals surface area contributed by atoms with E-state index in [1.54, 1.807) is 12.1 Å². The molecule has 0 saturated heterocycles. The number of aliphatic hydroxyl groups excluding tert-OH is 2. The first-order valence-electron chi connectivity index (χ1n) is 4.74. The molecule has 2 unspecified atom stereocenters. The van der Waals surface area contributed by atoms with E-state index in [0.717, 1.165) is 0 Å². The van der Waals surface area contributed by atoms with Crippen molar-refractivity contribution in [1.29, 1.82) is 0 Å². The topological polar surface area (TPSA) is 49.7 Å². The van der Waals surface area contributed by atoms with Gasteiger partial charge in [0.1, 0.15) is 12.2 Å². The zero-order valence-corrected chi connectivity index (χ0v) is 8.26. The van der Waals surface area contributed by atoms with Crippen LogP contribution in [0.5, 0.6) is 0 Å². The summed E-state index contributed by atoms with van der Waals surface area (Å²) >= 11 is 0. The first-order valence-corrected chi connectivity index (χ1v) is 4.74. The Morgan fingerprint density at radius 3 is 2.43 bits per heavy atom. The van der Waals surface area contributed by atoms with Crippen LogP contribution in [0.3, 0.4) is 0 Å². The SMILES string of the molecule is CCOCC(O)C(O)c1ccccc1. The number of aliphatic hydroxyl groups is 2. The van der Waals surface area contributed by atoms with Crippen molar-refractivity contribution in [2.75, 3.05) is 13.2 Å². The molecule has 0 fully saturated rings. The molecule has 3 heteroatoms. The van der Waals surface area contributed by atoms with Crippen LogP contribution in [0.2, 0.25) is 0 Å². The van der Waals surface area contributed by atoms with E-state index in [1.807, 2.05) is 25.1 Å². The Bertz CT molecular complexity index is 248. The summed E-state index contributed by atoms with van der Waals surface area (Å²) in [5, 5.41) is 19.2. The fourth-order valence-electron chi connectivity index (χ4n) is 1.20. The van der Waals surface area contributed by atoms with Crippen LogP contribution in [0.15, 0.2) is 30.3 Å². The van der Waals surface area contributed by atoms with Crippen LogP contribution in [0.4, 0.5) is 0 Å². The smallest absolute Gasteiger partial charge is 0.107 e. The van der Waals surface area contributed by atoms with Crippen molar-refractivity contribution < 1.29 is 14.9 Å². The zero-order chi connectivity index (χ0) is 10.4. The van der Waals surface area contributed by atoms with Crippen LogP contribution >= 0.6 is 0 Å². The van der Waals surface area contributed by atoms with Crippen molar-refractivity contribution in [2.24, 2.45) is 0 Å². The second-order valence-electron chi connectivity index (χ2n) is 3.08. The van der Waals surface area contributed by atoms with Crippen LogP contribution in [0.1, 0.15) is 18.6 Å². The molecule has 1 aromatic rings. The van der Waals surface area contributed by atoms with Gasteiger partial charge in [-0.2, -0.15) is 0 Å². The van der Waals surface area contributed by atoms with Gasteiger partial charge in [-0.25, -0.2) is 0 Å². The van der Waals surface area contributed by atoms with Gasteiger partial charge >= 0.3 is 0 Å². The van der Waals surface area contributed by atoms with E-state index < -0.39 is 12.2 Å². The van der Waals surface area contributed by atoms with Gasteiger partial charge in [0, 0.05) is 6.61 Å². The molecule has 14 heavy (non-hydrogen) atoms. The highest BCUT2D eigenvalue weighted by molar-refractivity contribution is 5.18. The molecule has 0 spiro atoms. The van der Waals surface area contributed by atoms with E-state index in [4.69, 9.17) is 4.74 Å². The normalized spacial score (nSPS) is 15.1. The van der Waals surface area contributed by atoms with Gasteiger partial charge in [0.25, 0.3) is 0 Å². The lowest BCUT2D eigenvalue weighted by Gasteiger charge is -2.17. The first-order chi connectivity index (χ1) is 6.75. The molecular weight excluding hydrogens is 180 g/mol. The van der Waals surface area contributed by atoms with Gasteiger partial charge in [0.2, 0.25) is 0 Å². The second-order valence-corrected chi connectivity index (χ2v) is 3.08. The molecular formula is C11H16O3. The lowest BCUT2D eigenvalue weighted by Crippen LogP contribution is -2.23. The lowest BCUT2D eigenvalue weighted by molar-refractivity contribution is -0.0367. The molecule has 78 valence electrons. The van der Waals surface area contributed by atoms with Gasteiger partial charge in [0.15, 0.2) is 0 Å². The van der Waals surface area contributed by atoms with E-state index in [1.165, 1.54) is 0 Å². The molecule has 2 N–H and O–H groups in total. The fraction of sp³-hybridized carbons (Fsp3) is 0.455. The molecule has 0 aliphatic heterocycles. The van der Waals surface area contributed by atoms with Crippen molar-refractivity contribution in [3.63, 3.8) is 0 Å². The molecule has 1 rings (SSSR count). The summed E-state index contributed by atoms with van der Waals surface area (Å²) in [4.78, 5) is 0. The molecule has 1 aromatic carbocycles. The monoisotopic (exact) mass is 196 g/mol. The number of ether oxygens (including phenoxy) is 1. The summed E-state index contributed by atoms with van der Waals surface area (Å²) in [7, 11) is 0. The highest BCUT2D eigenvalue weighted by Crippen LogP contribution is 2.16. The predicted octanol–water partition coefficient (Wildman–Crippen LogP) is 1.12. The number of hydrogen-bond acceptors (Lipinski definition) is 3. The molecule has 3 nitrogen and oxygen atoms in total. The summed E-state index contributed by atoms with van der Waals surface area (Å²) < 4.78 is 5.03. The summed E-state index contributed by atoms with van der Waals surface area (Å²) in [5.74, 6) is 0. The Hall–Kier alpha value is -0.900. The highest BCUT2D eigenvalue weighted by atomic mass is 16.5. The van der Waals surface area contributed by atoms with Gasteiger partial charge in [-0.1, -0.05) is 30.3 Å². The molecule has 0 bridgehead atoms. The summed E-state index contributed by atoms with van der Waals surface area (Å²) in [6, 6.07) is 9.07. The summed E-state index contributed by atoms with van der Waals surface area (Å²) in [6.45, 7) is 2.55. The Kier molecular flexibility index (Phi) is 4.59. The van der Waals surface area contributed by atoms with Crippen LogP contribution in [0.25, 0.3) is 0 Å². The van der Waals surface area contributed by atoms with Crippen LogP contribution < -0.4 is 0 Å². The Balaban J connectivity index is 2.52. The van der Waals surface area contributed by atoms with E-state index in [-0.39, 0.29) is 6.61 Å². The number of rotatable bonds is 5. The Morgan fingerprint density at radius 1 is 1.21 bits per heavy atom. The third kappa shape index (κ3) is 3.10. The maximum absolute atomic E-state index is 9.69. The predicted molar refractivity (Wildman–Crippen MR) is 53.9 cm³/mol. The summed E-state index contributed by atoms with van der Waals surface area (Å²) in [6.07, 6.45) is -1.74. The molecule has 0 amide bonds. The molecule has 0 aliphatic rings. The van der Waals surface area contributed by atoms with E-state index in [2.05, 4.69) is 0 Å². The Labute approximate surface area is 84.0 Å². The van der Waals surface area contributed by atoms with Crippen LogP contribution in [-0.2, 0) is 4.74 Å². The minimum Gasteiger partial charge on any atom is -0.388 e. The van der Waals surface area contributed by atoms with Crippen molar-refractivity contribution >= 4 is 0 Å². The van der Waals surface area contributed by atoms with Crippen LogP contribution in [0, 0.1) is 0 Å². The van der Waals surface area contributed by atoms with Gasteiger partial charge in [-0.15, -0.1) is 0 Å². The number of hydrogen-bond donors (Lipinski definition) is 2. The second kappa shape index (κ2) is 5.75. The standard InChI is InChI=1S/C11H16O3/c1-2-14-8-10(12)11(13)9-6-4-3-5-7-9/h3-7,10-13H,2,8H2,1H3. The maximum atomic E-state index is 9.69. The van der Waals surface area contributed by atoms with Crippen molar-refractivity contribution in [3.8, 4) is 0 Å². The van der Waals surface area contributed by atoms with Crippen molar-refractivity contribution in [3.05, 3.63) is 35.9 Å². The maximum Gasteiger partial charge on any atom is 0.107 e. The largest absolute Gasteiger partial charge is 0.388 e. The molecule has 0 heterocycles. The van der Waals surface area contributed by atoms with Crippen molar-refractivity contribution in [2.45, 2.75) is 19.1 Å². The third-order valence-electron chi connectivity index (χ3n) is 2.00. The molecule has 0 radical (unpaired) electrons. The van der Waals surface area contributed by atoms with E-state index in [9.17, 15) is 10.2 Å². The molecule has 2 atom stereocenters. The van der Waals surface area contributed by atoms with E-state index >= 15 is 0 Å². The van der Waals surface area contributed by atoms with Gasteiger partial charge < -0.3 is 14.9 Å². The Morgan fingerprint density at radius 2 is 1.86 bits per heavy atom. The third-order valence-corrected chi connectivity index (χ3v) is 2.00. The first kappa shape index (κ1) is 11.2. The van der Waals surface area contributed by atoms with Gasteiger partial charge in [-0.05, 0) is 12.5 Å². The molecule has 0 aromatic heterocycles. The van der Waals surface area contributed by atoms with E-state index in [0.29, 0.717) is 12.2 Å². The minimum absolute atomic E-state index is 0.159. The average molecular weight is 196 g/mol. The van der Waals surface area contributed by atoms with Gasteiger partial charge in [0.05, 0.1) is 6.61 Å². The fourth-order valence-corrected chi connectivity index (χ4v) is 1.20. The number of benzene rings is 1. The van der Waals surface area contributed by atoms with Crippen LogP contribution in [-0.4, -0.2) is 29.5 Å². The van der Waals surface area contributed by atoms with Crippen molar-refractivity contribution in [1.82, 2.24) is 0 Å². The lowest BCUT2D eigenvalue weighted by atomic mass is 10.1.